The van der Waals surface area contributed by atoms with E-state index in [1.807, 2.05) is 30.3 Å². The summed E-state index contributed by atoms with van der Waals surface area (Å²) in [4.78, 5) is 0. The Hall–Kier alpha value is -2.13. The van der Waals surface area contributed by atoms with Gasteiger partial charge in [-0.25, -0.2) is 0 Å². The average molecular weight is 274 g/mol. The summed E-state index contributed by atoms with van der Waals surface area (Å²) in [5.74, 6) is 0.661. The van der Waals surface area contributed by atoms with E-state index in [1.165, 1.54) is 0 Å². The lowest BCUT2D eigenvalue weighted by Crippen LogP contribution is -1.94. The van der Waals surface area contributed by atoms with Crippen molar-refractivity contribution in [2.75, 3.05) is 5.73 Å². The molecule has 0 saturated heterocycles. The second-order valence-electron chi connectivity index (χ2n) is 4.24. The molecular formula is C15H12ClNO2. The first-order chi connectivity index (χ1) is 9.24. The number of ether oxygens (including phenoxy) is 1. The van der Waals surface area contributed by atoms with Gasteiger partial charge in [-0.15, -0.1) is 0 Å². The maximum Gasteiger partial charge on any atom is 0.138 e. The van der Waals surface area contributed by atoms with Gasteiger partial charge >= 0.3 is 0 Å². The largest absolute Gasteiger partial charge is 0.487 e. The minimum absolute atomic E-state index is 0.403. The van der Waals surface area contributed by atoms with E-state index >= 15 is 0 Å². The molecule has 1 heterocycles. The van der Waals surface area contributed by atoms with Crippen LogP contribution in [0.2, 0.25) is 5.02 Å². The maximum atomic E-state index is 6.04. The van der Waals surface area contributed by atoms with E-state index in [-0.39, 0.29) is 0 Å². The fraction of sp³-hybridized carbons (Fsp3) is 0.0667. The van der Waals surface area contributed by atoms with Gasteiger partial charge in [-0.3, -0.25) is 0 Å². The summed E-state index contributed by atoms with van der Waals surface area (Å²) in [5.41, 5.74) is 8.12. The van der Waals surface area contributed by atoms with Crippen LogP contribution in [0.5, 0.6) is 5.75 Å². The van der Waals surface area contributed by atoms with Crippen LogP contribution in [0.3, 0.4) is 0 Å². The monoisotopic (exact) mass is 273 g/mol. The normalized spacial score (nSPS) is 10.8. The fourth-order valence-corrected chi connectivity index (χ4v) is 2.12. The zero-order valence-electron chi connectivity index (χ0n) is 10.1. The second-order valence-corrected chi connectivity index (χ2v) is 4.64. The molecule has 4 heteroatoms. The number of para-hydroxylation sites is 1. The van der Waals surface area contributed by atoms with Gasteiger partial charge in [0.2, 0.25) is 0 Å². The molecule has 0 unspecified atom stereocenters. The first-order valence-corrected chi connectivity index (χ1v) is 6.25. The van der Waals surface area contributed by atoms with Crippen molar-refractivity contribution >= 4 is 28.3 Å². The second kappa shape index (κ2) is 4.86. The van der Waals surface area contributed by atoms with Crippen LogP contribution in [0.1, 0.15) is 5.56 Å². The number of nitrogens with two attached hydrogens (primary N) is 1. The highest BCUT2D eigenvalue weighted by Crippen LogP contribution is 2.27. The molecule has 2 N–H and O–H groups in total. The molecule has 0 spiro atoms. The lowest BCUT2D eigenvalue weighted by molar-refractivity contribution is 0.306. The Morgan fingerprint density at radius 2 is 2.00 bits per heavy atom. The van der Waals surface area contributed by atoms with E-state index in [1.54, 1.807) is 18.4 Å². The van der Waals surface area contributed by atoms with Crippen molar-refractivity contribution in [3.63, 3.8) is 0 Å². The highest BCUT2D eigenvalue weighted by Gasteiger charge is 2.07. The minimum atomic E-state index is 0.403. The Balaban J connectivity index is 1.84. The Labute approximate surface area is 115 Å². The third-order valence-electron chi connectivity index (χ3n) is 2.90. The Bertz CT molecular complexity index is 721. The third kappa shape index (κ3) is 2.37. The third-order valence-corrected chi connectivity index (χ3v) is 3.21. The van der Waals surface area contributed by atoms with Crippen LogP contribution in [0.15, 0.2) is 53.1 Å². The molecule has 19 heavy (non-hydrogen) atoms. The summed E-state index contributed by atoms with van der Waals surface area (Å²) in [6, 6.07) is 13.0. The molecule has 3 aromatic rings. The molecule has 3 nitrogen and oxygen atoms in total. The van der Waals surface area contributed by atoms with Gasteiger partial charge in [-0.1, -0.05) is 23.7 Å². The molecular weight excluding hydrogens is 262 g/mol. The van der Waals surface area contributed by atoms with Crippen molar-refractivity contribution in [1.82, 2.24) is 0 Å². The number of anilines is 1. The van der Waals surface area contributed by atoms with E-state index in [2.05, 4.69) is 0 Å². The van der Waals surface area contributed by atoms with Crippen molar-refractivity contribution in [3.05, 3.63) is 59.3 Å². The molecule has 0 saturated carbocycles. The zero-order valence-corrected chi connectivity index (χ0v) is 10.9. The summed E-state index contributed by atoms with van der Waals surface area (Å²) in [6.07, 6.45) is 1.68. The number of hydrogen-bond acceptors (Lipinski definition) is 3. The molecule has 0 aliphatic rings. The molecule has 0 aliphatic carbocycles. The van der Waals surface area contributed by atoms with Crippen LogP contribution >= 0.6 is 11.6 Å². The molecule has 0 fully saturated rings. The van der Waals surface area contributed by atoms with Gasteiger partial charge < -0.3 is 14.9 Å². The SMILES string of the molecule is Nc1ccc2c(COc3ccccc3Cl)coc2c1. The van der Waals surface area contributed by atoms with Crippen molar-refractivity contribution in [2.45, 2.75) is 6.61 Å². The van der Waals surface area contributed by atoms with E-state index in [9.17, 15) is 0 Å². The predicted molar refractivity (Wildman–Crippen MR) is 76.4 cm³/mol. The maximum absolute atomic E-state index is 6.04. The lowest BCUT2D eigenvalue weighted by atomic mass is 10.2. The van der Waals surface area contributed by atoms with E-state index < -0.39 is 0 Å². The average Bonchev–Trinajstić information content (AvgIpc) is 2.80. The number of fused-ring (bicyclic) bond motifs is 1. The molecule has 1 aromatic heterocycles. The van der Waals surface area contributed by atoms with Crippen LogP contribution in [0.4, 0.5) is 5.69 Å². The highest BCUT2D eigenvalue weighted by atomic mass is 35.5. The molecule has 0 aliphatic heterocycles. The molecule has 96 valence electrons. The van der Waals surface area contributed by atoms with Crippen LogP contribution in [-0.4, -0.2) is 0 Å². The Kier molecular flexibility index (Phi) is 3.05. The number of halogens is 1. The first-order valence-electron chi connectivity index (χ1n) is 5.87. The number of rotatable bonds is 3. The van der Waals surface area contributed by atoms with Crippen LogP contribution in [-0.2, 0) is 6.61 Å². The highest BCUT2D eigenvalue weighted by molar-refractivity contribution is 6.32. The van der Waals surface area contributed by atoms with E-state index in [0.717, 1.165) is 16.5 Å². The smallest absolute Gasteiger partial charge is 0.138 e. The summed E-state index contributed by atoms with van der Waals surface area (Å²) in [6.45, 7) is 0.403. The number of furan rings is 1. The summed E-state index contributed by atoms with van der Waals surface area (Å²) in [5, 5.41) is 1.60. The number of hydrogen-bond donors (Lipinski definition) is 1. The topological polar surface area (TPSA) is 48.4 Å². The summed E-state index contributed by atoms with van der Waals surface area (Å²) >= 11 is 6.04. The number of benzene rings is 2. The molecule has 0 radical (unpaired) electrons. The van der Waals surface area contributed by atoms with Crippen molar-refractivity contribution in [3.8, 4) is 5.75 Å². The Morgan fingerprint density at radius 3 is 2.84 bits per heavy atom. The predicted octanol–water partition coefficient (Wildman–Crippen LogP) is 4.25. The summed E-state index contributed by atoms with van der Waals surface area (Å²) in [7, 11) is 0. The molecule has 0 bridgehead atoms. The first kappa shape index (κ1) is 11.9. The van der Waals surface area contributed by atoms with Crippen LogP contribution < -0.4 is 10.5 Å². The van der Waals surface area contributed by atoms with Gasteiger partial charge in [0.1, 0.15) is 17.9 Å². The Morgan fingerprint density at radius 1 is 1.16 bits per heavy atom. The lowest BCUT2D eigenvalue weighted by Gasteiger charge is -2.06. The van der Waals surface area contributed by atoms with Crippen molar-refractivity contribution in [1.29, 1.82) is 0 Å². The van der Waals surface area contributed by atoms with Gasteiger partial charge in [-0.05, 0) is 24.3 Å². The van der Waals surface area contributed by atoms with Crippen LogP contribution in [0, 0.1) is 0 Å². The molecule has 0 atom stereocenters. The van der Waals surface area contributed by atoms with Gasteiger partial charge in [-0.2, -0.15) is 0 Å². The molecule has 2 aromatic carbocycles. The van der Waals surface area contributed by atoms with Gasteiger partial charge in [0.25, 0.3) is 0 Å². The quantitative estimate of drug-likeness (QED) is 0.726. The van der Waals surface area contributed by atoms with Gasteiger partial charge in [0.15, 0.2) is 0 Å². The summed E-state index contributed by atoms with van der Waals surface area (Å²) < 4.78 is 11.2. The molecule has 3 rings (SSSR count). The van der Waals surface area contributed by atoms with Crippen molar-refractivity contribution in [2.24, 2.45) is 0 Å². The van der Waals surface area contributed by atoms with Gasteiger partial charge in [0, 0.05) is 22.7 Å². The van der Waals surface area contributed by atoms with Crippen molar-refractivity contribution < 1.29 is 9.15 Å². The molecule has 0 amide bonds. The number of nitrogen functional groups attached to an aromatic ring is 1. The fourth-order valence-electron chi connectivity index (χ4n) is 1.93. The standard InChI is InChI=1S/C15H12ClNO2/c16-13-3-1-2-4-14(13)18-8-10-9-19-15-7-11(17)5-6-12(10)15/h1-7,9H,8,17H2. The van der Waals surface area contributed by atoms with Gasteiger partial charge in [0.05, 0.1) is 11.3 Å². The zero-order chi connectivity index (χ0) is 13.2. The van der Waals surface area contributed by atoms with E-state index in [0.29, 0.717) is 23.1 Å². The van der Waals surface area contributed by atoms with Crippen LogP contribution in [0.25, 0.3) is 11.0 Å². The van der Waals surface area contributed by atoms with E-state index in [4.69, 9.17) is 26.5 Å². The minimum Gasteiger partial charge on any atom is -0.487 e.